The van der Waals surface area contributed by atoms with Crippen LogP contribution in [-0.2, 0) is 19.4 Å². The quantitative estimate of drug-likeness (QED) is 0.286. The number of thiophene rings is 1. The van der Waals surface area contributed by atoms with E-state index in [4.69, 9.17) is 9.52 Å². The van der Waals surface area contributed by atoms with Crippen LogP contribution in [0.2, 0.25) is 0 Å². The van der Waals surface area contributed by atoms with Gasteiger partial charge < -0.3 is 15.2 Å². The second-order valence-corrected chi connectivity index (χ2v) is 8.07. The smallest absolute Gasteiger partial charge is 0.191 e. The van der Waals surface area contributed by atoms with Crippen LogP contribution in [-0.4, -0.2) is 42.2 Å². The van der Waals surface area contributed by atoms with Gasteiger partial charge in [-0.1, -0.05) is 25.1 Å². The Morgan fingerprint density at radius 1 is 1.24 bits per heavy atom. The molecule has 162 valence electrons. The highest BCUT2D eigenvalue weighted by molar-refractivity contribution is 14.0. The van der Waals surface area contributed by atoms with E-state index in [1.807, 2.05) is 11.3 Å². The summed E-state index contributed by atoms with van der Waals surface area (Å²) in [5.74, 6) is 1.80. The Labute approximate surface area is 195 Å². The molecule has 2 N–H and O–H groups in total. The van der Waals surface area contributed by atoms with Gasteiger partial charge in [-0.05, 0) is 50.7 Å². The number of nitrogens with zero attached hydrogens (tertiary/aromatic N) is 3. The third-order valence-corrected chi connectivity index (χ3v) is 6.24. The molecule has 0 aliphatic carbocycles. The summed E-state index contributed by atoms with van der Waals surface area (Å²) in [6.07, 6.45) is 4.30. The summed E-state index contributed by atoms with van der Waals surface area (Å²) < 4.78 is 5.48. The predicted octanol–water partition coefficient (Wildman–Crippen LogP) is 4.37. The topological polar surface area (TPSA) is 65.7 Å². The average Bonchev–Trinajstić information content (AvgIpc) is 3.47. The molecule has 1 aliphatic rings. The molecule has 1 aliphatic heterocycles. The van der Waals surface area contributed by atoms with Crippen molar-refractivity contribution in [2.24, 2.45) is 4.99 Å². The summed E-state index contributed by atoms with van der Waals surface area (Å²) >= 11 is 1.84. The Morgan fingerprint density at radius 3 is 2.66 bits per heavy atom. The highest BCUT2D eigenvalue weighted by Gasteiger charge is 2.24. The number of aromatic nitrogens is 1. The fourth-order valence-electron chi connectivity index (χ4n) is 3.75. The molecule has 29 heavy (non-hydrogen) atoms. The van der Waals surface area contributed by atoms with E-state index < -0.39 is 0 Å². The lowest BCUT2D eigenvalue weighted by Crippen LogP contribution is -2.42. The highest BCUT2D eigenvalue weighted by Crippen LogP contribution is 2.27. The van der Waals surface area contributed by atoms with Gasteiger partial charge in [-0.3, -0.25) is 4.90 Å². The Hall–Kier alpha value is -1.13. The summed E-state index contributed by atoms with van der Waals surface area (Å²) in [6, 6.07) is 4.80. The Kier molecular flexibility index (Phi) is 10.4. The summed E-state index contributed by atoms with van der Waals surface area (Å²) in [5.41, 5.74) is 2.15. The Morgan fingerprint density at radius 2 is 2.03 bits per heavy atom. The van der Waals surface area contributed by atoms with Gasteiger partial charge in [-0.25, -0.2) is 4.99 Å². The average molecular weight is 532 g/mol. The molecule has 1 unspecified atom stereocenters. The van der Waals surface area contributed by atoms with Crippen LogP contribution in [0.5, 0.6) is 0 Å². The molecule has 0 radical (unpaired) electrons. The molecular weight excluding hydrogens is 497 g/mol. The molecule has 0 saturated carbocycles. The summed E-state index contributed by atoms with van der Waals surface area (Å²) in [4.78, 5) is 8.84. The molecule has 2 aromatic rings. The summed E-state index contributed by atoms with van der Waals surface area (Å²) in [5, 5.41) is 13.3. The number of aliphatic imine (C=N–C) groups is 1. The van der Waals surface area contributed by atoms with Crippen molar-refractivity contribution in [2.75, 3.05) is 26.2 Å². The lowest BCUT2D eigenvalue weighted by atomic mass is 10.1. The third-order valence-electron chi connectivity index (χ3n) is 5.26. The third kappa shape index (κ3) is 6.42. The van der Waals surface area contributed by atoms with Crippen LogP contribution in [0, 0.1) is 0 Å². The van der Waals surface area contributed by atoms with Crippen molar-refractivity contribution >= 4 is 41.3 Å². The van der Waals surface area contributed by atoms with Crippen LogP contribution in [0.25, 0.3) is 0 Å². The largest absolute Gasteiger partial charge is 0.361 e. The van der Waals surface area contributed by atoms with E-state index in [1.54, 1.807) is 0 Å². The first-order valence-corrected chi connectivity index (χ1v) is 11.4. The number of guanidine groups is 1. The van der Waals surface area contributed by atoms with Gasteiger partial charge >= 0.3 is 0 Å². The fourth-order valence-corrected chi connectivity index (χ4v) is 4.61. The fraction of sp³-hybridized carbons (Fsp3) is 0.619. The molecule has 3 heterocycles. The molecule has 0 bridgehead atoms. The molecule has 8 heteroatoms. The van der Waals surface area contributed by atoms with E-state index >= 15 is 0 Å². The van der Waals surface area contributed by atoms with Crippen LogP contribution in [0.4, 0.5) is 0 Å². The number of nitrogens with one attached hydrogen (secondary N) is 2. The van der Waals surface area contributed by atoms with Crippen LogP contribution in [0.1, 0.15) is 61.5 Å². The van der Waals surface area contributed by atoms with Crippen LogP contribution >= 0.6 is 35.3 Å². The van der Waals surface area contributed by atoms with E-state index in [2.05, 4.69) is 59.0 Å². The summed E-state index contributed by atoms with van der Waals surface area (Å²) in [7, 11) is 0. The number of halogens is 1. The van der Waals surface area contributed by atoms with Crippen molar-refractivity contribution in [2.45, 2.75) is 59.0 Å². The van der Waals surface area contributed by atoms with E-state index in [0.717, 1.165) is 48.9 Å². The monoisotopic (exact) mass is 531 g/mol. The van der Waals surface area contributed by atoms with Crippen LogP contribution < -0.4 is 10.6 Å². The molecule has 2 aromatic heterocycles. The molecule has 1 saturated heterocycles. The van der Waals surface area contributed by atoms with Gasteiger partial charge in [0.25, 0.3) is 0 Å². The van der Waals surface area contributed by atoms with Gasteiger partial charge in [0.05, 0.1) is 18.3 Å². The molecule has 1 atom stereocenters. The van der Waals surface area contributed by atoms with E-state index in [-0.39, 0.29) is 24.0 Å². The maximum atomic E-state index is 5.48. The maximum Gasteiger partial charge on any atom is 0.191 e. The van der Waals surface area contributed by atoms with Crippen molar-refractivity contribution in [3.63, 3.8) is 0 Å². The van der Waals surface area contributed by atoms with Crippen molar-refractivity contribution < 1.29 is 4.52 Å². The van der Waals surface area contributed by atoms with Gasteiger partial charge in [-0.15, -0.1) is 35.3 Å². The second-order valence-electron chi connectivity index (χ2n) is 7.09. The predicted molar refractivity (Wildman–Crippen MR) is 131 cm³/mol. The number of hydrogen-bond donors (Lipinski definition) is 2. The molecule has 3 rings (SSSR count). The molecule has 0 spiro atoms. The summed E-state index contributed by atoms with van der Waals surface area (Å²) in [6.45, 7) is 11.0. The minimum Gasteiger partial charge on any atom is -0.361 e. The van der Waals surface area contributed by atoms with Crippen LogP contribution in [0.15, 0.2) is 27.0 Å². The van der Waals surface area contributed by atoms with E-state index in [0.29, 0.717) is 12.6 Å². The minimum atomic E-state index is 0. The van der Waals surface area contributed by atoms with Gasteiger partial charge in [0.15, 0.2) is 5.96 Å². The van der Waals surface area contributed by atoms with Crippen molar-refractivity contribution in [1.82, 2.24) is 20.7 Å². The first kappa shape index (κ1) is 24.1. The number of likely N-dealkylation sites (tertiary alicyclic amines) is 1. The van der Waals surface area contributed by atoms with Crippen molar-refractivity contribution in [3.8, 4) is 0 Å². The molecule has 1 fully saturated rings. The van der Waals surface area contributed by atoms with Crippen molar-refractivity contribution in [3.05, 3.63) is 39.4 Å². The zero-order valence-electron chi connectivity index (χ0n) is 17.7. The zero-order chi connectivity index (χ0) is 19.8. The number of rotatable bonds is 9. The van der Waals surface area contributed by atoms with Gasteiger partial charge in [0.2, 0.25) is 0 Å². The molecule has 0 amide bonds. The van der Waals surface area contributed by atoms with E-state index in [9.17, 15) is 0 Å². The van der Waals surface area contributed by atoms with Gasteiger partial charge in [0.1, 0.15) is 5.76 Å². The maximum absolute atomic E-state index is 5.48. The normalized spacial score (nSPS) is 15.9. The lowest BCUT2D eigenvalue weighted by Gasteiger charge is -2.27. The first-order chi connectivity index (χ1) is 13.8. The van der Waals surface area contributed by atoms with Gasteiger partial charge in [-0.2, -0.15) is 0 Å². The molecule has 6 nitrogen and oxygen atoms in total. The number of aryl methyl sites for hydroxylation is 2. The Bertz CT molecular complexity index is 719. The van der Waals surface area contributed by atoms with Gasteiger partial charge in [0, 0.05) is 30.0 Å². The molecule has 0 aromatic carbocycles. The lowest BCUT2D eigenvalue weighted by molar-refractivity contribution is 0.249. The highest BCUT2D eigenvalue weighted by atomic mass is 127. The van der Waals surface area contributed by atoms with Crippen molar-refractivity contribution in [1.29, 1.82) is 0 Å². The minimum absolute atomic E-state index is 0. The first-order valence-electron chi connectivity index (χ1n) is 10.5. The van der Waals surface area contributed by atoms with Crippen LogP contribution in [0.3, 0.4) is 0 Å². The van der Waals surface area contributed by atoms with E-state index in [1.165, 1.54) is 30.8 Å². The second kappa shape index (κ2) is 12.5. The Balaban J connectivity index is 0.00000300. The standard InChI is InChI=1S/C21H33N5OS.HI/c1-4-17-16(19(5-2)27-25-17)14-23-21(22-6-3)24-15-18(20-10-9-13-28-20)26-11-7-8-12-26;/h9-10,13,18H,4-8,11-12,14-15H2,1-3H3,(H2,22,23,24);1H. The SMILES string of the molecule is CCNC(=NCc1c(CC)noc1CC)NCC(c1cccs1)N1CCCC1.I. The molecular formula is C21H34IN5OS. The zero-order valence-corrected chi connectivity index (χ0v) is 20.9. The number of hydrogen-bond acceptors (Lipinski definition) is 5.